The van der Waals surface area contributed by atoms with Crippen LogP contribution in [0.1, 0.15) is 37.0 Å². The van der Waals surface area contributed by atoms with Gasteiger partial charge in [0.2, 0.25) is 0 Å². The van der Waals surface area contributed by atoms with E-state index in [-0.39, 0.29) is 5.92 Å². The fraction of sp³-hybridized carbons (Fsp3) is 0.583. The summed E-state index contributed by atoms with van der Waals surface area (Å²) in [5.74, 6) is 0.249. The first-order chi connectivity index (χ1) is 7.61. The van der Waals surface area contributed by atoms with E-state index < -0.39 is 5.97 Å². The van der Waals surface area contributed by atoms with E-state index in [4.69, 9.17) is 5.11 Å². The van der Waals surface area contributed by atoms with Crippen LogP contribution in [0.15, 0.2) is 15.9 Å². The molecule has 1 heterocycles. The van der Waals surface area contributed by atoms with Crippen molar-refractivity contribution in [2.24, 2.45) is 11.8 Å². The van der Waals surface area contributed by atoms with Gasteiger partial charge < -0.3 is 5.11 Å². The molecule has 1 aromatic heterocycles. The van der Waals surface area contributed by atoms with E-state index in [1.807, 2.05) is 0 Å². The van der Waals surface area contributed by atoms with Crippen molar-refractivity contribution in [3.05, 3.63) is 20.8 Å². The lowest BCUT2D eigenvalue weighted by molar-refractivity contribution is -0.138. The van der Waals surface area contributed by atoms with Crippen LogP contribution >= 0.6 is 27.3 Å². The number of hydrogen-bond acceptors (Lipinski definition) is 2. The highest BCUT2D eigenvalue weighted by Crippen LogP contribution is 2.47. The second-order valence-electron chi connectivity index (χ2n) is 4.42. The molecule has 2 rings (SSSR count). The molecule has 0 bridgehead atoms. The number of aliphatic carboxylic acids is 1. The van der Waals surface area contributed by atoms with Gasteiger partial charge in [0.15, 0.2) is 0 Å². The number of halogens is 1. The Bertz CT molecular complexity index is 388. The van der Waals surface area contributed by atoms with Crippen LogP contribution in [0.2, 0.25) is 0 Å². The van der Waals surface area contributed by atoms with Crippen molar-refractivity contribution in [1.29, 1.82) is 0 Å². The Labute approximate surface area is 108 Å². The lowest BCUT2D eigenvalue weighted by atomic mass is 9.97. The molecule has 4 heteroatoms. The zero-order valence-electron chi connectivity index (χ0n) is 9.15. The van der Waals surface area contributed by atoms with Crippen LogP contribution in [0.5, 0.6) is 0 Å². The molecule has 2 nitrogen and oxygen atoms in total. The van der Waals surface area contributed by atoms with E-state index in [9.17, 15) is 4.79 Å². The molecule has 0 aliphatic heterocycles. The highest BCUT2D eigenvalue weighted by molar-refractivity contribution is 9.11. The zero-order valence-corrected chi connectivity index (χ0v) is 11.6. The van der Waals surface area contributed by atoms with E-state index >= 15 is 0 Å². The van der Waals surface area contributed by atoms with E-state index in [1.165, 1.54) is 4.88 Å². The molecule has 1 saturated carbocycles. The fourth-order valence-electron chi connectivity index (χ4n) is 2.21. The lowest BCUT2D eigenvalue weighted by Gasteiger charge is -2.12. The second kappa shape index (κ2) is 4.88. The summed E-state index contributed by atoms with van der Waals surface area (Å²) in [5.41, 5.74) is 0. The molecule has 16 heavy (non-hydrogen) atoms. The van der Waals surface area contributed by atoms with Crippen molar-refractivity contribution in [2.75, 3.05) is 0 Å². The van der Waals surface area contributed by atoms with Crippen molar-refractivity contribution in [3.8, 4) is 0 Å². The Hall–Kier alpha value is -0.350. The number of carboxylic acid groups (broad SMARTS) is 1. The summed E-state index contributed by atoms with van der Waals surface area (Å²) in [4.78, 5) is 12.2. The van der Waals surface area contributed by atoms with Crippen LogP contribution in [-0.4, -0.2) is 11.1 Å². The molecule has 3 unspecified atom stereocenters. The molecule has 0 spiro atoms. The zero-order chi connectivity index (χ0) is 11.7. The summed E-state index contributed by atoms with van der Waals surface area (Å²) in [6, 6.07) is 4.23. The number of carboxylic acids is 1. The summed E-state index contributed by atoms with van der Waals surface area (Å²) < 4.78 is 1.16. The minimum atomic E-state index is -0.618. The maximum atomic E-state index is 10.8. The van der Waals surface area contributed by atoms with Gasteiger partial charge in [-0.15, -0.1) is 11.3 Å². The lowest BCUT2D eigenvalue weighted by Crippen LogP contribution is -2.02. The SMILES string of the molecule is CCC(CC1CC1C(=O)O)c1ccc(Br)s1. The van der Waals surface area contributed by atoms with Gasteiger partial charge in [0, 0.05) is 4.88 Å². The summed E-state index contributed by atoms with van der Waals surface area (Å²) in [6.45, 7) is 2.18. The number of rotatable bonds is 5. The van der Waals surface area contributed by atoms with Gasteiger partial charge in [-0.25, -0.2) is 0 Å². The molecule has 0 aromatic carbocycles. The molecule has 1 N–H and O–H groups in total. The van der Waals surface area contributed by atoms with Crippen LogP contribution < -0.4 is 0 Å². The molecular weight excluding hydrogens is 288 g/mol. The summed E-state index contributed by atoms with van der Waals surface area (Å²) in [6.07, 6.45) is 2.99. The van der Waals surface area contributed by atoms with Gasteiger partial charge in [-0.05, 0) is 59.2 Å². The quantitative estimate of drug-likeness (QED) is 0.888. The monoisotopic (exact) mass is 302 g/mol. The van der Waals surface area contributed by atoms with E-state index in [2.05, 4.69) is 35.0 Å². The van der Waals surface area contributed by atoms with Gasteiger partial charge in [-0.3, -0.25) is 4.79 Å². The van der Waals surface area contributed by atoms with E-state index in [0.717, 1.165) is 23.0 Å². The molecule has 1 fully saturated rings. The van der Waals surface area contributed by atoms with E-state index in [1.54, 1.807) is 11.3 Å². The molecule has 1 aliphatic carbocycles. The Morgan fingerprint density at radius 3 is 2.88 bits per heavy atom. The first-order valence-electron chi connectivity index (χ1n) is 5.59. The molecule has 0 amide bonds. The van der Waals surface area contributed by atoms with Crippen molar-refractivity contribution in [1.82, 2.24) is 0 Å². The van der Waals surface area contributed by atoms with Crippen molar-refractivity contribution < 1.29 is 9.90 Å². The average molecular weight is 303 g/mol. The predicted molar refractivity (Wildman–Crippen MR) is 68.9 cm³/mol. The van der Waals surface area contributed by atoms with Gasteiger partial charge in [-0.1, -0.05) is 6.92 Å². The van der Waals surface area contributed by atoms with Crippen LogP contribution in [0.25, 0.3) is 0 Å². The van der Waals surface area contributed by atoms with Gasteiger partial charge in [-0.2, -0.15) is 0 Å². The highest BCUT2D eigenvalue weighted by atomic mass is 79.9. The summed E-state index contributed by atoms with van der Waals surface area (Å²) >= 11 is 5.24. The number of hydrogen-bond donors (Lipinski definition) is 1. The summed E-state index contributed by atoms with van der Waals surface area (Å²) in [5, 5.41) is 8.88. The molecular formula is C12H15BrO2S. The van der Waals surface area contributed by atoms with Crippen molar-refractivity contribution >= 4 is 33.2 Å². The number of thiophene rings is 1. The maximum Gasteiger partial charge on any atom is 0.306 e. The van der Waals surface area contributed by atoms with Crippen LogP contribution in [-0.2, 0) is 4.79 Å². The van der Waals surface area contributed by atoms with Gasteiger partial charge in [0.25, 0.3) is 0 Å². The standard InChI is InChI=1S/C12H15BrO2S/c1-2-7(10-3-4-11(13)16-10)5-8-6-9(8)12(14)15/h3-4,7-9H,2,5-6H2,1H3,(H,14,15). The van der Waals surface area contributed by atoms with Crippen LogP contribution in [0.3, 0.4) is 0 Å². The first kappa shape index (κ1) is 12.1. The predicted octanol–water partition coefficient (Wildman–Crippen LogP) is 4.12. The molecule has 88 valence electrons. The Morgan fingerprint density at radius 2 is 2.44 bits per heavy atom. The minimum absolute atomic E-state index is 0.0718. The summed E-state index contributed by atoms with van der Waals surface area (Å²) in [7, 11) is 0. The Balaban J connectivity index is 1.95. The van der Waals surface area contributed by atoms with Gasteiger partial charge in [0.05, 0.1) is 9.70 Å². The molecule has 0 radical (unpaired) electrons. The second-order valence-corrected chi connectivity index (χ2v) is 6.92. The highest BCUT2D eigenvalue weighted by Gasteiger charge is 2.43. The smallest absolute Gasteiger partial charge is 0.306 e. The van der Waals surface area contributed by atoms with Crippen molar-refractivity contribution in [3.63, 3.8) is 0 Å². The first-order valence-corrected chi connectivity index (χ1v) is 7.20. The molecule has 1 aromatic rings. The third kappa shape index (κ3) is 2.66. The maximum absolute atomic E-state index is 10.8. The van der Waals surface area contributed by atoms with Gasteiger partial charge >= 0.3 is 5.97 Å². The molecule has 3 atom stereocenters. The van der Waals surface area contributed by atoms with Crippen LogP contribution in [0.4, 0.5) is 0 Å². The van der Waals surface area contributed by atoms with Crippen molar-refractivity contribution in [2.45, 2.75) is 32.1 Å². The topological polar surface area (TPSA) is 37.3 Å². The Kier molecular flexibility index (Phi) is 3.70. The fourth-order valence-corrected chi connectivity index (χ4v) is 3.83. The van der Waals surface area contributed by atoms with E-state index in [0.29, 0.717) is 11.8 Å². The molecule has 1 aliphatic rings. The third-order valence-electron chi connectivity index (χ3n) is 3.32. The molecule has 0 saturated heterocycles. The third-order valence-corrected chi connectivity index (χ3v) is 5.10. The number of carbonyl (C=O) groups is 1. The normalized spacial score (nSPS) is 25.4. The van der Waals surface area contributed by atoms with Crippen LogP contribution in [0, 0.1) is 11.8 Å². The largest absolute Gasteiger partial charge is 0.481 e. The minimum Gasteiger partial charge on any atom is -0.481 e. The average Bonchev–Trinajstić information content (AvgIpc) is 2.90. The van der Waals surface area contributed by atoms with Gasteiger partial charge in [0.1, 0.15) is 0 Å². The Morgan fingerprint density at radius 1 is 1.69 bits per heavy atom.